The van der Waals surface area contributed by atoms with Crippen molar-refractivity contribution >= 4 is 5.97 Å². The second kappa shape index (κ2) is 12.9. The summed E-state index contributed by atoms with van der Waals surface area (Å²) in [7, 11) is 0. The second-order valence-electron chi connectivity index (χ2n) is 5.47. The van der Waals surface area contributed by atoms with Crippen LogP contribution < -0.4 is 0 Å². The van der Waals surface area contributed by atoms with Crippen LogP contribution in [0.2, 0.25) is 0 Å². The van der Waals surface area contributed by atoms with E-state index in [9.17, 15) is 4.79 Å². The van der Waals surface area contributed by atoms with Crippen LogP contribution in [0.15, 0.2) is 0 Å². The maximum absolute atomic E-state index is 10.5. The van der Waals surface area contributed by atoms with Gasteiger partial charge in [0.15, 0.2) is 0 Å². The fourth-order valence-corrected chi connectivity index (χ4v) is 2.08. The standard InChI is InChI=1S/C16H32O2/c1-4-15(2)13-11-9-7-5-6-8-10-12-14-18-16(3)17/h15H,4-14H2,1-3H3. The fourth-order valence-electron chi connectivity index (χ4n) is 2.08. The summed E-state index contributed by atoms with van der Waals surface area (Å²) in [5.41, 5.74) is 0. The largest absolute Gasteiger partial charge is 0.466 e. The summed E-state index contributed by atoms with van der Waals surface area (Å²) in [6.07, 6.45) is 13.1. The topological polar surface area (TPSA) is 26.3 Å². The Hall–Kier alpha value is -0.530. The third-order valence-corrected chi connectivity index (χ3v) is 3.59. The normalized spacial score (nSPS) is 12.4. The number of hydrogen-bond acceptors (Lipinski definition) is 2. The molecule has 0 bridgehead atoms. The van der Waals surface area contributed by atoms with Gasteiger partial charge in [-0.15, -0.1) is 0 Å². The first-order valence-electron chi connectivity index (χ1n) is 7.80. The van der Waals surface area contributed by atoms with E-state index in [1.54, 1.807) is 0 Å². The Morgan fingerprint density at radius 1 is 0.944 bits per heavy atom. The third-order valence-electron chi connectivity index (χ3n) is 3.59. The van der Waals surface area contributed by atoms with E-state index in [2.05, 4.69) is 13.8 Å². The number of esters is 1. The van der Waals surface area contributed by atoms with Crippen LogP contribution in [0.5, 0.6) is 0 Å². The molecule has 0 rings (SSSR count). The van der Waals surface area contributed by atoms with Crippen LogP contribution in [0, 0.1) is 5.92 Å². The molecular formula is C16H32O2. The fraction of sp³-hybridized carbons (Fsp3) is 0.938. The van der Waals surface area contributed by atoms with Gasteiger partial charge in [-0.25, -0.2) is 0 Å². The summed E-state index contributed by atoms with van der Waals surface area (Å²) >= 11 is 0. The summed E-state index contributed by atoms with van der Waals surface area (Å²) in [6.45, 7) is 6.70. The highest BCUT2D eigenvalue weighted by atomic mass is 16.5. The molecule has 0 aliphatic rings. The van der Waals surface area contributed by atoms with Gasteiger partial charge >= 0.3 is 5.97 Å². The predicted molar refractivity (Wildman–Crippen MR) is 77.6 cm³/mol. The first-order valence-corrected chi connectivity index (χ1v) is 7.80. The molecule has 108 valence electrons. The Balaban J connectivity index is 3.01. The number of hydrogen-bond donors (Lipinski definition) is 0. The van der Waals surface area contributed by atoms with Gasteiger partial charge in [-0.1, -0.05) is 71.6 Å². The van der Waals surface area contributed by atoms with Crippen molar-refractivity contribution in [2.24, 2.45) is 5.92 Å². The number of unbranched alkanes of at least 4 members (excludes halogenated alkanes) is 7. The summed E-state index contributed by atoms with van der Waals surface area (Å²) in [5, 5.41) is 0. The zero-order chi connectivity index (χ0) is 13.6. The summed E-state index contributed by atoms with van der Waals surface area (Å²) in [4.78, 5) is 10.5. The number of carbonyl (C=O) groups excluding carboxylic acids is 1. The molecule has 18 heavy (non-hydrogen) atoms. The van der Waals surface area contributed by atoms with Gasteiger partial charge in [0.1, 0.15) is 0 Å². The molecule has 0 heterocycles. The van der Waals surface area contributed by atoms with Gasteiger partial charge < -0.3 is 4.74 Å². The molecule has 0 N–H and O–H groups in total. The first kappa shape index (κ1) is 17.5. The summed E-state index contributed by atoms with van der Waals surface area (Å²) in [6, 6.07) is 0. The smallest absolute Gasteiger partial charge is 0.302 e. The van der Waals surface area contributed by atoms with Gasteiger partial charge in [0.05, 0.1) is 6.61 Å². The van der Waals surface area contributed by atoms with Gasteiger partial charge in [-0.2, -0.15) is 0 Å². The average Bonchev–Trinajstić information content (AvgIpc) is 2.35. The maximum Gasteiger partial charge on any atom is 0.302 e. The maximum atomic E-state index is 10.5. The van der Waals surface area contributed by atoms with Crippen LogP contribution in [0.4, 0.5) is 0 Å². The average molecular weight is 256 g/mol. The molecule has 2 nitrogen and oxygen atoms in total. The van der Waals surface area contributed by atoms with E-state index in [1.807, 2.05) is 0 Å². The van der Waals surface area contributed by atoms with E-state index in [4.69, 9.17) is 4.74 Å². The minimum Gasteiger partial charge on any atom is -0.466 e. The lowest BCUT2D eigenvalue weighted by atomic mass is 10.00. The molecule has 0 fully saturated rings. The molecule has 0 aliphatic carbocycles. The zero-order valence-corrected chi connectivity index (χ0v) is 12.7. The first-order chi connectivity index (χ1) is 8.66. The number of ether oxygens (including phenoxy) is 1. The summed E-state index contributed by atoms with van der Waals surface area (Å²) < 4.78 is 4.90. The van der Waals surface area contributed by atoms with Gasteiger partial charge in [0, 0.05) is 6.92 Å². The van der Waals surface area contributed by atoms with Crippen LogP contribution in [0.3, 0.4) is 0 Å². The molecule has 0 aliphatic heterocycles. The molecule has 1 atom stereocenters. The van der Waals surface area contributed by atoms with Crippen LogP contribution in [0.1, 0.15) is 85.0 Å². The quantitative estimate of drug-likeness (QED) is 0.358. The molecule has 1 unspecified atom stereocenters. The zero-order valence-electron chi connectivity index (χ0n) is 12.7. The number of rotatable bonds is 12. The molecule has 0 radical (unpaired) electrons. The molecule has 0 saturated carbocycles. The second-order valence-corrected chi connectivity index (χ2v) is 5.47. The number of carbonyl (C=O) groups is 1. The molecule has 0 spiro atoms. The lowest BCUT2D eigenvalue weighted by molar-refractivity contribution is -0.141. The lowest BCUT2D eigenvalue weighted by Gasteiger charge is -2.07. The van der Waals surface area contributed by atoms with Crippen molar-refractivity contribution in [2.75, 3.05) is 6.61 Å². The van der Waals surface area contributed by atoms with Crippen molar-refractivity contribution in [3.63, 3.8) is 0 Å². The Morgan fingerprint density at radius 3 is 1.94 bits per heavy atom. The van der Waals surface area contributed by atoms with Crippen molar-refractivity contribution in [1.82, 2.24) is 0 Å². The van der Waals surface area contributed by atoms with Gasteiger partial charge in [0.25, 0.3) is 0 Å². The highest BCUT2D eigenvalue weighted by Gasteiger charge is 1.98. The monoisotopic (exact) mass is 256 g/mol. The Morgan fingerprint density at radius 2 is 1.44 bits per heavy atom. The van der Waals surface area contributed by atoms with E-state index in [1.165, 1.54) is 64.7 Å². The summed E-state index contributed by atoms with van der Waals surface area (Å²) in [5.74, 6) is 0.752. The van der Waals surface area contributed by atoms with Gasteiger partial charge in [-0.3, -0.25) is 4.79 Å². The van der Waals surface area contributed by atoms with E-state index in [0.29, 0.717) is 6.61 Å². The van der Waals surface area contributed by atoms with Gasteiger partial charge in [-0.05, 0) is 12.3 Å². The minimum absolute atomic E-state index is 0.156. The van der Waals surface area contributed by atoms with E-state index < -0.39 is 0 Å². The molecule has 2 heteroatoms. The molecule has 0 aromatic heterocycles. The van der Waals surface area contributed by atoms with E-state index in [-0.39, 0.29) is 5.97 Å². The Kier molecular flexibility index (Phi) is 12.5. The minimum atomic E-state index is -0.156. The third kappa shape index (κ3) is 13.5. The molecule has 0 aromatic carbocycles. The molecule has 0 amide bonds. The van der Waals surface area contributed by atoms with Crippen molar-refractivity contribution in [3.05, 3.63) is 0 Å². The van der Waals surface area contributed by atoms with Gasteiger partial charge in [0.2, 0.25) is 0 Å². The van der Waals surface area contributed by atoms with Crippen LogP contribution >= 0.6 is 0 Å². The van der Waals surface area contributed by atoms with Crippen LogP contribution in [-0.2, 0) is 9.53 Å². The van der Waals surface area contributed by atoms with Crippen molar-refractivity contribution in [1.29, 1.82) is 0 Å². The predicted octanol–water partition coefficient (Wildman–Crippen LogP) is 5.11. The Labute approximate surface area is 113 Å². The highest BCUT2D eigenvalue weighted by Crippen LogP contribution is 2.14. The molecule has 0 aromatic rings. The van der Waals surface area contributed by atoms with Crippen LogP contribution in [-0.4, -0.2) is 12.6 Å². The van der Waals surface area contributed by atoms with Crippen molar-refractivity contribution < 1.29 is 9.53 Å². The van der Waals surface area contributed by atoms with Crippen LogP contribution in [0.25, 0.3) is 0 Å². The van der Waals surface area contributed by atoms with E-state index >= 15 is 0 Å². The SMILES string of the molecule is CCC(C)CCCCCCCCCCOC(C)=O. The lowest BCUT2D eigenvalue weighted by Crippen LogP contribution is -2.00. The van der Waals surface area contributed by atoms with Crippen molar-refractivity contribution in [3.8, 4) is 0 Å². The molecular weight excluding hydrogens is 224 g/mol. The van der Waals surface area contributed by atoms with Crippen molar-refractivity contribution in [2.45, 2.75) is 85.0 Å². The Bertz CT molecular complexity index is 190. The highest BCUT2D eigenvalue weighted by molar-refractivity contribution is 5.65. The van der Waals surface area contributed by atoms with E-state index in [0.717, 1.165) is 12.3 Å². The molecule has 0 saturated heterocycles.